The average molecular weight is 640 g/mol. The van der Waals surface area contributed by atoms with Gasteiger partial charge in [-0.15, -0.1) is 0 Å². The summed E-state index contributed by atoms with van der Waals surface area (Å²) < 4.78 is 12.4. The molecule has 3 aromatic carbocycles. The van der Waals surface area contributed by atoms with Gasteiger partial charge in [0.05, 0.1) is 44.5 Å². The van der Waals surface area contributed by atoms with Gasteiger partial charge in [0, 0.05) is 11.1 Å². The Balaban J connectivity index is 0.000000441. The molecule has 3 aromatic rings. The van der Waals surface area contributed by atoms with E-state index in [4.69, 9.17) is 0 Å². The fourth-order valence-electron chi connectivity index (χ4n) is 5.47. The molecule has 3 atom stereocenters. The topological polar surface area (TPSA) is 142 Å². The molecule has 1 saturated heterocycles. The highest BCUT2D eigenvalue weighted by atomic mass is 19.1. The van der Waals surface area contributed by atoms with Crippen LogP contribution in [0.25, 0.3) is 0 Å². The molecule has 46 heavy (non-hydrogen) atoms. The van der Waals surface area contributed by atoms with E-state index in [1.165, 1.54) is 12.1 Å². The van der Waals surface area contributed by atoms with Crippen LogP contribution in [0.2, 0.25) is 0 Å². The number of anilines is 1. The van der Waals surface area contributed by atoms with Crippen molar-refractivity contribution in [3.8, 4) is 0 Å². The summed E-state index contributed by atoms with van der Waals surface area (Å²) in [6.45, 7) is 8.56. The van der Waals surface area contributed by atoms with Gasteiger partial charge in [0.1, 0.15) is 11.4 Å². The normalized spacial score (nSPS) is 16.7. The van der Waals surface area contributed by atoms with Gasteiger partial charge in [0.25, 0.3) is 0 Å². The monoisotopic (exact) mass is 639 g/mol. The van der Waals surface area contributed by atoms with Crippen molar-refractivity contribution < 1.29 is 39.8 Å². The Morgan fingerprint density at radius 2 is 1.43 bits per heavy atom. The van der Waals surface area contributed by atoms with Crippen molar-refractivity contribution in [2.24, 2.45) is 5.41 Å². The number of amides is 1. The first-order chi connectivity index (χ1) is 21.6. The first kappa shape index (κ1) is 37.3. The third-order valence-corrected chi connectivity index (χ3v) is 9.91. The average Bonchev–Trinajstić information content (AvgIpc) is 3.06. The van der Waals surface area contributed by atoms with Gasteiger partial charge in [-0.2, -0.15) is 0 Å². The van der Waals surface area contributed by atoms with Gasteiger partial charge < -0.3 is 35.5 Å². The van der Waals surface area contributed by atoms with E-state index < -0.39 is 41.9 Å². The van der Waals surface area contributed by atoms with Crippen LogP contribution in [0, 0.1) is 11.2 Å². The predicted molar refractivity (Wildman–Crippen MR) is 177 cm³/mol. The van der Waals surface area contributed by atoms with E-state index >= 15 is 0 Å². The quantitative estimate of drug-likeness (QED) is 0.149. The second-order valence-electron chi connectivity index (χ2n) is 13.3. The molecular formula is C37H50FNO7. The van der Waals surface area contributed by atoms with Crippen molar-refractivity contribution in [3.05, 3.63) is 101 Å². The van der Waals surface area contributed by atoms with Crippen molar-refractivity contribution in [2.45, 2.75) is 89.6 Å². The number of nitrogens with zero attached hydrogens (tertiary/aromatic N) is 1. The zero-order valence-corrected chi connectivity index (χ0v) is 27.5. The van der Waals surface area contributed by atoms with Gasteiger partial charge in [-0.3, -0.25) is 4.79 Å². The lowest BCUT2D eigenvalue weighted by Crippen LogP contribution is -2.47. The third kappa shape index (κ3) is 8.39. The Morgan fingerprint density at radius 1 is 0.870 bits per heavy atom. The number of aliphatic hydroxyl groups is 6. The van der Waals surface area contributed by atoms with Crippen LogP contribution < -0.4 is 4.90 Å². The maximum Gasteiger partial charge on any atom is 0.230 e. The van der Waals surface area contributed by atoms with Gasteiger partial charge in [-0.05, 0) is 71.2 Å². The Bertz CT molecular complexity index is 1390. The number of carbonyl (C=O) groups excluding carboxylic acids is 1. The second kappa shape index (κ2) is 15.6. The van der Waals surface area contributed by atoms with Crippen LogP contribution >= 0.6 is 0 Å². The molecule has 1 aliphatic heterocycles. The first-order valence-corrected chi connectivity index (χ1v) is 15.8. The third-order valence-electron chi connectivity index (χ3n) is 9.91. The fourth-order valence-corrected chi connectivity index (χ4v) is 5.47. The van der Waals surface area contributed by atoms with Crippen LogP contribution in [0.15, 0.2) is 72.8 Å². The molecule has 252 valence electrons. The standard InChI is InChI=1S/C28H39NO6.C9H11FO/c1-26(2,27(3,4)24(33)16-30)21-9-11-22(12-10-21)29-23(15-25(29)34)20-7-5-19(6-8-20)13-14-28(35,17-31)18-32;1-2-9(11)7-3-5-8(10)6-4-7/h5-12,23-24,30-33,35H,13-18H2,1-4H3;3-6,9,11H,2H2,1H3. The maximum atomic E-state index is 12.5. The minimum atomic E-state index is -1.48. The van der Waals surface area contributed by atoms with E-state index in [0.717, 1.165) is 27.9 Å². The summed E-state index contributed by atoms with van der Waals surface area (Å²) in [6.07, 6.45) is 0.535. The summed E-state index contributed by atoms with van der Waals surface area (Å²) in [5, 5.41) is 57.7. The highest BCUT2D eigenvalue weighted by molar-refractivity contribution is 6.01. The molecule has 0 radical (unpaired) electrons. The lowest BCUT2D eigenvalue weighted by atomic mass is 9.61. The summed E-state index contributed by atoms with van der Waals surface area (Å²) in [6, 6.07) is 21.5. The largest absolute Gasteiger partial charge is 0.394 e. The Morgan fingerprint density at radius 3 is 1.91 bits per heavy atom. The van der Waals surface area contributed by atoms with Crippen LogP contribution in [-0.4, -0.2) is 68.1 Å². The fraction of sp³-hybridized carbons (Fsp3) is 0.486. The Hall–Kier alpha value is -3.18. The summed E-state index contributed by atoms with van der Waals surface area (Å²) in [4.78, 5) is 14.3. The molecule has 4 rings (SSSR count). The number of aliphatic hydroxyl groups excluding tert-OH is 5. The molecule has 1 heterocycles. The van der Waals surface area contributed by atoms with Crippen molar-refractivity contribution in [1.82, 2.24) is 0 Å². The lowest BCUT2D eigenvalue weighted by molar-refractivity contribution is -0.124. The minimum Gasteiger partial charge on any atom is -0.394 e. The molecule has 0 aliphatic carbocycles. The van der Waals surface area contributed by atoms with Gasteiger partial charge in [0.2, 0.25) is 5.91 Å². The second-order valence-corrected chi connectivity index (χ2v) is 13.3. The highest BCUT2D eigenvalue weighted by Crippen LogP contribution is 2.45. The number of β-lactam (4-membered cyclic amide) rings is 1. The van der Waals surface area contributed by atoms with Crippen molar-refractivity contribution in [2.75, 3.05) is 24.7 Å². The molecule has 1 fully saturated rings. The smallest absolute Gasteiger partial charge is 0.230 e. The molecule has 1 amide bonds. The number of aryl methyl sites for hydroxylation is 1. The Kier molecular flexibility index (Phi) is 12.6. The maximum absolute atomic E-state index is 12.5. The zero-order chi connectivity index (χ0) is 34.3. The van der Waals surface area contributed by atoms with E-state index in [9.17, 15) is 39.8 Å². The first-order valence-electron chi connectivity index (χ1n) is 15.8. The summed E-state index contributed by atoms with van der Waals surface area (Å²) in [7, 11) is 0. The number of rotatable bonds is 13. The van der Waals surface area contributed by atoms with Gasteiger partial charge in [-0.25, -0.2) is 4.39 Å². The molecule has 8 nitrogen and oxygen atoms in total. The van der Waals surface area contributed by atoms with Gasteiger partial charge >= 0.3 is 0 Å². The van der Waals surface area contributed by atoms with E-state index in [0.29, 0.717) is 19.3 Å². The summed E-state index contributed by atoms with van der Waals surface area (Å²) >= 11 is 0. The van der Waals surface area contributed by atoms with E-state index in [2.05, 4.69) is 0 Å². The number of halogens is 1. The van der Waals surface area contributed by atoms with E-state index in [1.807, 2.05) is 83.1 Å². The van der Waals surface area contributed by atoms with Crippen molar-refractivity contribution in [3.63, 3.8) is 0 Å². The zero-order valence-electron chi connectivity index (χ0n) is 27.5. The van der Waals surface area contributed by atoms with Crippen LogP contribution in [0.1, 0.15) is 88.3 Å². The highest BCUT2D eigenvalue weighted by Gasteiger charge is 2.44. The van der Waals surface area contributed by atoms with E-state index in [1.54, 1.807) is 17.0 Å². The SMILES string of the molecule is CC(C)(c1ccc(N2C(=O)CC2c2ccc(CCC(O)(CO)CO)cc2)cc1)C(C)(C)C(O)CO.CCC(O)c1ccc(F)cc1. The van der Waals surface area contributed by atoms with Gasteiger partial charge in [0.15, 0.2) is 0 Å². The van der Waals surface area contributed by atoms with E-state index in [-0.39, 0.29) is 30.8 Å². The minimum absolute atomic E-state index is 0.0538. The van der Waals surface area contributed by atoms with Crippen LogP contribution in [0.3, 0.4) is 0 Å². The molecule has 6 N–H and O–H groups in total. The number of benzene rings is 3. The molecule has 0 bridgehead atoms. The number of carbonyl (C=O) groups is 1. The molecule has 0 aromatic heterocycles. The van der Waals surface area contributed by atoms with Crippen molar-refractivity contribution >= 4 is 11.6 Å². The molecule has 0 spiro atoms. The number of hydrogen-bond acceptors (Lipinski definition) is 7. The van der Waals surface area contributed by atoms with Crippen LogP contribution in [0.5, 0.6) is 0 Å². The lowest BCUT2D eigenvalue weighted by Gasteiger charge is -2.45. The predicted octanol–water partition coefficient (Wildman–Crippen LogP) is 4.74. The molecule has 0 saturated carbocycles. The summed E-state index contributed by atoms with van der Waals surface area (Å²) in [5.41, 5.74) is 2.13. The molecular weight excluding hydrogens is 589 g/mol. The molecule has 3 unspecified atom stereocenters. The van der Waals surface area contributed by atoms with Crippen molar-refractivity contribution in [1.29, 1.82) is 0 Å². The van der Waals surface area contributed by atoms with Crippen LogP contribution in [-0.2, 0) is 16.6 Å². The molecule has 9 heteroatoms. The Labute approximate surface area is 271 Å². The number of hydrogen-bond donors (Lipinski definition) is 6. The summed E-state index contributed by atoms with van der Waals surface area (Å²) in [5.74, 6) is -0.213. The molecule has 1 aliphatic rings. The van der Waals surface area contributed by atoms with Gasteiger partial charge in [-0.1, -0.05) is 83.1 Å². The van der Waals surface area contributed by atoms with Crippen LogP contribution in [0.4, 0.5) is 10.1 Å².